The van der Waals surface area contributed by atoms with Crippen LogP contribution in [0.2, 0.25) is 0 Å². The standard InChI is InChI=1S/C14H14.C8H10O.C2H6O/c1-3-7-13(8-4-1)11-12-14-9-5-2-6-10-14;1-7-3-5-8(9-2)6-4-7;1-3-2/h1-10H,11-12H2;3-6H,1-2H3;1-2H3. The average molecular weight is 351 g/mol. The summed E-state index contributed by atoms with van der Waals surface area (Å²) in [6, 6.07) is 29.2. The van der Waals surface area contributed by atoms with Gasteiger partial charge < -0.3 is 9.47 Å². The second-order valence-electron chi connectivity index (χ2n) is 5.90. The van der Waals surface area contributed by atoms with Gasteiger partial charge in [0.1, 0.15) is 5.75 Å². The average Bonchev–Trinajstić information content (AvgIpc) is 2.70. The van der Waals surface area contributed by atoms with Gasteiger partial charge in [-0.05, 0) is 43.0 Å². The van der Waals surface area contributed by atoms with E-state index in [-0.39, 0.29) is 0 Å². The molecule has 0 atom stereocenters. The quantitative estimate of drug-likeness (QED) is 0.597. The molecule has 2 nitrogen and oxygen atoms in total. The molecular weight excluding hydrogens is 320 g/mol. The smallest absolute Gasteiger partial charge is 0.118 e. The molecule has 3 aromatic carbocycles. The Morgan fingerprint density at radius 2 is 0.962 bits per heavy atom. The molecule has 0 saturated heterocycles. The van der Waals surface area contributed by atoms with Gasteiger partial charge in [-0.15, -0.1) is 0 Å². The predicted octanol–water partition coefficient (Wildman–Crippen LogP) is 5.74. The monoisotopic (exact) mass is 350 g/mol. The minimum Gasteiger partial charge on any atom is -0.497 e. The summed E-state index contributed by atoms with van der Waals surface area (Å²) >= 11 is 0. The van der Waals surface area contributed by atoms with E-state index in [4.69, 9.17) is 4.74 Å². The van der Waals surface area contributed by atoms with Crippen molar-refractivity contribution in [2.24, 2.45) is 0 Å². The lowest BCUT2D eigenvalue weighted by molar-refractivity contribution is 0.277. The van der Waals surface area contributed by atoms with E-state index in [1.807, 2.05) is 24.3 Å². The lowest BCUT2D eigenvalue weighted by Crippen LogP contribution is -1.89. The summed E-state index contributed by atoms with van der Waals surface area (Å²) in [5.74, 6) is 0.917. The summed E-state index contributed by atoms with van der Waals surface area (Å²) < 4.78 is 9.22. The Bertz CT molecular complexity index is 637. The maximum absolute atomic E-state index is 4.97. The van der Waals surface area contributed by atoms with Crippen molar-refractivity contribution in [1.29, 1.82) is 0 Å². The van der Waals surface area contributed by atoms with Crippen LogP contribution in [0, 0.1) is 6.92 Å². The molecule has 0 aromatic heterocycles. The van der Waals surface area contributed by atoms with Crippen molar-refractivity contribution in [3.8, 4) is 5.75 Å². The molecule has 0 amide bonds. The maximum Gasteiger partial charge on any atom is 0.118 e. The van der Waals surface area contributed by atoms with Gasteiger partial charge in [0.15, 0.2) is 0 Å². The number of ether oxygens (including phenoxy) is 2. The highest BCUT2D eigenvalue weighted by atomic mass is 16.5. The van der Waals surface area contributed by atoms with Crippen LogP contribution in [0.15, 0.2) is 84.9 Å². The van der Waals surface area contributed by atoms with Crippen molar-refractivity contribution in [3.05, 3.63) is 102 Å². The molecule has 0 spiro atoms. The summed E-state index contributed by atoms with van der Waals surface area (Å²) in [5.41, 5.74) is 4.09. The van der Waals surface area contributed by atoms with Gasteiger partial charge in [0.05, 0.1) is 7.11 Å². The zero-order valence-electron chi connectivity index (χ0n) is 16.3. The molecule has 3 rings (SSSR count). The summed E-state index contributed by atoms with van der Waals surface area (Å²) in [6.45, 7) is 2.06. The van der Waals surface area contributed by atoms with Crippen LogP contribution >= 0.6 is 0 Å². The van der Waals surface area contributed by atoms with Gasteiger partial charge >= 0.3 is 0 Å². The number of aryl methyl sites for hydroxylation is 3. The molecule has 138 valence electrons. The van der Waals surface area contributed by atoms with Crippen LogP contribution in [0.4, 0.5) is 0 Å². The summed E-state index contributed by atoms with van der Waals surface area (Å²) in [7, 11) is 4.92. The molecule has 0 fully saturated rings. The summed E-state index contributed by atoms with van der Waals surface area (Å²) in [5, 5.41) is 0. The van der Waals surface area contributed by atoms with Gasteiger partial charge in [0, 0.05) is 14.2 Å². The van der Waals surface area contributed by atoms with E-state index in [0.29, 0.717) is 0 Å². The maximum atomic E-state index is 4.97. The second kappa shape index (κ2) is 13.7. The van der Waals surface area contributed by atoms with Crippen molar-refractivity contribution in [2.75, 3.05) is 21.3 Å². The van der Waals surface area contributed by atoms with Crippen LogP contribution in [-0.4, -0.2) is 21.3 Å². The highest BCUT2D eigenvalue weighted by Gasteiger charge is 1.93. The van der Waals surface area contributed by atoms with Crippen molar-refractivity contribution >= 4 is 0 Å². The fourth-order valence-corrected chi connectivity index (χ4v) is 2.25. The number of hydrogen-bond donors (Lipinski definition) is 0. The molecule has 3 aromatic rings. The van der Waals surface area contributed by atoms with Gasteiger partial charge in [-0.25, -0.2) is 0 Å². The van der Waals surface area contributed by atoms with Crippen LogP contribution in [0.25, 0.3) is 0 Å². The molecule has 0 heterocycles. The first-order chi connectivity index (χ1) is 12.7. The Morgan fingerprint density at radius 1 is 0.577 bits per heavy atom. The molecule has 0 bridgehead atoms. The summed E-state index contributed by atoms with van der Waals surface area (Å²) in [6.07, 6.45) is 2.26. The van der Waals surface area contributed by atoms with Gasteiger partial charge in [0.25, 0.3) is 0 Å². The first kappa shape index (κ1) is 21.5. The zero-order valence-corrected chi connectivity index (χ0v) is 16.3. The third-order valence-electron chi connectivity index (χ3n) is 3.64. The largest absolute Gasteiger partial charge is 0.497 e. The minimum atomic E-state index is 0.917. The lowest BCUT2D eigenvalue weighted by atomic mass is 10.0. The normalized spacial score (nSPS) is 9.23. The van der Waals surface area contributed by atoms with Gasteiger partial charge in [0.2, 0.25) is 0 Å². The third kappa shape index (κ3) is 9.65. The molecule has 0 radical (unpaired) electrons. The Kier molecular flexibility index (Phi) is 11.3. The van der Waals surface area contributed by atoms with Gasteiger partial charge in [-0.2, -0.15) is 0 Å². The Morgan fingerprint density at radius 3 is 1.31 bits per heavy atom. The van der Waals surface area contributed by atoms with Crippen LogP contribution < -0.4 is 4.74 Å². The minimum absolute atomic E-state index is 0.917. The van der Waals surface area contributed by atoms with E-state index in [1.165, 1.54) is 16.7 Å². The molecule has 0 aliphatic carbocycles. The molecular formula is C24H30O2. The van der Waals surface area contributed by atoms with Crippen LogP contribution in [0.5, 0.6) is 5.75 Å². The Hall–Kier alpha value is -2.58. The topological polar surface area (TPSA) is 18.5 Å². The fraction of sp³-hybridized carbons (Fsp3) is 0.250. The van der Waals surface area contributed by atoms with E-state index < -0.39 is 0 Å². The third-order valence-corrected chi connectivity index (χ3v) is 3.64. The second-order valence-corrected chi connectivity index (χ2v) is 5.90. The number of rotatable bonds is 4. The molecule has 0 saturated carbocycles. The SMILES string of the molecule is COC.COc1ccc(C)cc1.c1ccc(CCc2ccccc2)cc1. The first-order valence-electron chi connectivity index (χ1n) is 8.78. The van der Waals surface area contributed by atoms with E-state index >= 15 is 0 Å². The van der Waals surface area contributed by atoms with Crippen molar-refractivity contribution in [3.63, 3.8) is 0 Å². The molecule has 0 aliphatic heterocycles. The van der Waals surface area contributed by atoms with Crippen molar-refractivity contribution in [2.45, 2.75) is 19.8 Å². The van der Waals surface area contributed by atoms with Crippen LogP contribution in [-0.2, 0) is 17.6 Å². The van der Waals surface area contributed by atoms with Crippen molar-refractivity contribution in [1.82, 2.24) is 0 Å². The van der Waals surface area contributed by atoms with Crippen molar-refractivity contribution < 1.29 is 9.47 Å². The van der Waals surface area contributed by atoms with E-state index in [1.54, 1.807) is 21.3 Å². The number of benzene rings is 3. The Balaban J connectivity index is 0.000000243. The lowest BCUT2D eigenvalue weighted by Gasteiger charge is -2.01. The van der Waals surface area contributed by atoms with Crippen LogP contribution in [0.3, 0.4) is 0 Å². The van der Waals surface area contributed by atoms with Gasteiger partial charge in [-0.1, -0.05) is 78.4 Å². The molecule has 0 unspecified atom stereocenters. The van der Waals surface area contributed by atoms with E-state index in [2.05, 4.69) is 72.3 Å². The van der Waals surface area contributed by atoms with Crippen LogP contribution in [0.1, 0.15) is 16.7 Å². The number of methoxy groups -OCH3 is 2. The highest BCUT2D eigenvalue weighted by molar-refractivity contribution is 5.26. The highest BCUT2D eigenvalue weighted by Crippen LogP contribution is 2.09. The molecule has 26 heavy (non-hydrogen) atoms. The predicted molar refractivity (Wildman–Crippen MR) is 111 cm³/mol. The van der Waals surface area contributed by atoms with E-state index in [9.17, 15) is 0 Å². The number of hydrogen-bond acceptors (Lipinski definition) is 2. The molecule has 0 aliphatic rings. The first-order valence-corrected chi connectivity index (χ1v) is 8.78. The van der Waals surface area contributed by atoms with Gasteiger partial charge in [-0.3, -0.25) is 0 Å². The van der Waals surface area contributed by atoms with E-state index in [0.717, 1.165) is 18.6 Å². The molecule has 0 N–H and O–H groups in total. The molecule has 2 heteroatoms. The fourth-order valence-electron chi connectivity index (χ4n) is 2.25. The zero-order chi connectivity index (χ0) is 19.0. The summed E-state index contributed by atoms with van der Waals surface area (Å²) in [4.78, 5) is 0. The Labute approximate surface area is 158 Å².